The van der Waals surface area contributed by atoms with E-state index < -0.39 is 5.38 Å². The van der Waals surface area contributed by atoms with E-state index in [-0.39, 0.29) is 0 Å². The number of halogens is 1. The van der Waals surface area contributed by atoms with Gasteiger partial charge in [0.1, 0.15) is 5.38 Å². The van der Waals surface area contributed by atoms with E-state index in [0.29, 0.717) is 6.54 Å². The van der Waals surface area contributed by atoms with Gasteiger partial charge in [-0.2, -0.15) is 5.26 Å². The van der Waals surface area contributed by atoms with Crippen LogP contribution in [0.15, 0.2) is 0 Å². The molecule has 0 amide bonds. The Kier molecular flexibility index (Phi) is 6.09. The molecule has 0 rings (SSSR count). The lowest BCUT2D eigenvalue weighted by Crippen LogP contribution is -2.32. The second-order valence-corrected chi connectivity index (χ2v) is 3.69. The van der Waals surface area contributed by atoms with E-state index >= 15 is 0 Å². The molecule has 0 aliphatic heterocycles. The number of alkyl halides is 1. The molecular weight excluding hydrogens is 174 g/mol. The first-order chi connectivity index (χ1) is 5.56. The van der Waals surface area contributed by atoms with Gasteiger partial charge in [-0.1, -0.05) is 0 Å². The minimum atomic E-state index is -0.392. The van der Waals surface area contributed by atoms with Gasteiger partial charge in [0.2, 0.25) is 0 Å². The van der Waals surface area contributed by atoms with Crippen LogP contribution >= 0.6 is 11.6 Å². The maximum Gasteiger partial charge on any atom is 0.133 e. The van der Waals surface area contributed by atoms with Gasteiger partial charge in [-0.05, 0) is 21.1 Å². The lowest BCUT2D eigenvalue weighted by atomic mass is 10.4. The van der Waals surface area contributed by atoms with Crippen molar-refractivity contribution >= 4 is 11.6 Å². The van der Waals surface area contributed by atoms with Crippen molar-refractivity contribution < 1.29 is 0 Å². The smallest absolute Gasteiger partial charge is 0.133 e. The van der Waals surface area contributed by atoms with Crippen LogP contribution in [0.4, 0.5) is 0 Å². The van der Waals surface area contributed by atoms with Crippen LogP contribution in [0.1, 0.15) is 0 Å². The van der Waals surface area contributed by atoms with Crippen LogP contribution in [0.2, 0.25) is 0 Å². The number of hydrogen-bond acceptors (Lipinski definition) is 3. The minimum absolute atomic E-state index is 0.392. The quantitative estimate of drug-likeness (QED) is 0.594. The Morgan fingerprint density at radius 3 is 2.33 bits per heavy atom. The van der Waals surface area contributed by atoms with Gasteiger partial charge in [0.15, 0.2) is 0 Å². The second kappa shape index (κ2) is 6.24. The number of nitrogens with zero attached hydrogens (tertiary/aromatic N) is 3. The van der Waals surface area contributed by atoms with E-state index in [4.69, 9.17) is 16.9 Å². The standard InChI is InChI=1S/C8H16ClN3/c1-11(2)4-5-12(3)7-8(9)6-10/h8H,4-5,7H2,1-3H3. The number of likely N-dealkylation sites (N-methyl/N-ethyl adjacent to an activating group) is 2. The molecule has 1 atom stereocenters. The summed E-state index contributed by atoms with van der Waals surface area (Å²) in [6.07, 6.45) is 0. The first-order valence-electron chi connectivity index (χ1n) is 3.93. The predicted octanol–water partition coefficient (Wildman–Crippen LogP) is 0.611. The Morgan fingerprint density at radius 2 is 1.92 bits per heavy atom. The Morgan fingerprint density at radius 1 is 1.33 bits per heavy atom. The fourth-order valence-corrected chi connectivity index (χ4v) is 1.01. The molecule has 0 fully saturated rings. The van der Waals surface area contributed by atoms with Crippen LogP contribution in [-0.4, -0.2) is 56.0 Å². The number of hydrogen-bond donors (Lipinski definition) is 0. The van der Waals surface area contributed by atoms with Crippen molar-refractivity contribution in [2.24, 2.45) is 0 Å². The Balaban J connectivity index is 3.47. The van der Waals surface area contributed by atoms with Crippen LogP contribution in [0.25, 0.3) is 0 Å². The van der Waals surface area contributed by atoms with E-state index in [0.717, 1.165) is 13.1 Å². The van der Waals surface area contributed by atoms with E-state index in [1.54, 1.807) is 0 Å². The fraction of sp³-hybridized carbons (Fsp3) is 0.875. The first kappa shape index (κ1) is 11.7. The van der Waals surface area contributed by atoms with E-state index in [9.17, 15) is 0 Å². The molecule has 0 aliphatic carbocycles. The third-order valence-electron chi connectivity index (χ3n) is 1.54. The molecule has 0 bridgehead atoms. The number of nitriles is 1. The van der Waals surface area contributed by atoms with Crippen molar-refractivity contribution in [1.29, 1.82) is 5.26 Å². The molecule has 0 radical (unpaired) electrons. The minimum Gasteiger partial charge on any atom is -0.308 e. The van der Waals surface area contributed by atoms with Crippen LogP contribution < -0.4 is 0 Å². The molecule has 0 spiro atoms. The molecule has 70 valence electrons. The molecule has 0 aliphatic rings. The zero-order chi connectivity index (χ0) is 9.56. The molecule has 0 aromatic heterocycles. The third-order valence-corrected chi connectivity index (χ3v) is 1.78. The molecule has 0 N–H and O–H groups in total. The van der Waals surface area contributed by atoms with Crippen molar-refractivity contribution in [2.45, 2.75) is 5.38 Å². The largest absolute Gasteiger partial charge is 0.308 e. The van der Waals surface area contributed by atoms with Crippen LogP contribution in [-0.2, 0) is 0 Å². The summed E-state index contributed by atoms with van der Waals surface area (Å²) in [6.45, 7) is 2.56. The molecule has 12 heavy (non-hydrogen) atoms. The molecule has 0 aromatic carbocycles. The topological polar surface area (TPSA) is 30.3 Å². The van der Waals surface area contributed by atoms with Crippen molar-refractivity contribution in [1.82, 2.24) is 9.80 Å². The maximum atomic E-state index is 8.44. The summed E-state index contributed by atoms with van der Waals surface area (Å²) in [5.74, 6) is 0. The summed E-state index contributed by atoms with van der Waals surface area (Å²) < 4.78 is 0. The van der Waals surface area contributed by atoms with Crippen LogP contribution in [0.5, 0.6) is 0 Å². The van der Waals surface area contributed by atoms with Gasteiger partial charge >= 0.3 is 0 Å². The van der Waals surface area contributed by atoms with Crippen molar-refractivity contribution in [3.8, 4) is 6.07 Å². The van der Waals surface area contributed by atoms with Gasteiger partial charge in [0, 0.05) is 19.6 Å². The lowest BCUT2D eigenvalue weighted by molar-refractivity contribution is 0.288. The zero-order valence-electron chi connectivity index (χ0n) is 7.92. The zero-order valence-corrected chi connectivity index (χ0v) is 8.67. The van der Waals surface area contributed by atoms with Crippen molar-refractivity contribution in [3.63, 3.8) is 0 Å². The molecule has 4 heteroatoms. The second-order valence-electron chi connectivity index (χ2n) is 3.16. The average Bonchev–Trinajstić information content (AvgIpc) is 2.00. The van der Waals surface area contributed by atoms with Crippen molar-refractivity contribution in [2.75, 3.05) is 40.8 Å². The van der Waals surface area contributed by atoms with Crippen LogP contribution in [0, 0.1) is 11.3 Å². The van der Waals surface area contributed by atoms with E-state index in [1.165, 1.54) is 0 Å². The highest BCUT2D eigenvalue weighted by Crippen LogP contribution is 1.96. The summed E-state index contributed by atoms with van der Waals surface area (Å²) in [4.78, 5) is 4.16. The maximum absolute atomic E-state index is 8.44. The first-order valence-corrected chi connectivity index (χ1v) is 4.37. The average molecular weight is 190 g/mol. The Hall–Kier alpha value is -0.300. The molecule has 1 unspecified atom stereocenters. The molecule has 3 nitrogen and oxygen atoms in total. The molecule has 0 saturated carbocycles. The summed E-state index contributed by atoms with van der Waals surface area (Å²) in [5, 5.41) is 8.05. The monoisotopic (exact) mass is 189 g/mol. The summed E-state index contributed by atoms with van der Waals surface area (Å²) in [6, 6.07) is 1.99. The molecule has 0 aromatic rings. The lowest BCUT2D eigenvalue weighted by Gasteiger charge is -2.19. The fourth-order valence-electron chi connectivity index (χ4n) is 0.776. The molecule has 0 saturated heterocycles. The highest BCUT2D eigenvalue weighted by Gasteiger charge is 2.06. The molecule has 0 heterocycles. The normalized spacial score (nSPS) is 13.4. The van der Waals surface area contributed by atoms with Gasteiger partial charge in [0.25, 0.3) is 0 Å². The summed E-state index contributed by atoms with van der Waals surface area (Å²) in [5.41, 5.74) is 0. The van der Waals surface area contributed by atoms with E-state index in [2.05, 4.69) is 9.80 Å². The van der Waals surface area contributed by atoms with E-state index in [1.807, 2.05) is 27.2 Å². The van der Waals surface area contributed by atoms with Crippen molar-refractivity contribution in [3.05, 3.63) is 0 Å². The number of rotatable bonds is 5. The Labute approximate surface area is 79.5 Å². The van der Waals surface area contributed by atoms with Gasteiger partial charge in [-0.15, -0.1) is 11.6 Å². The van der Waals surface area contributed by atoms with Gasteiger partial charge in [0.05, 0.1) is 6.07 Å². The van der Waals surface area contributed by atoms with Gasteiger partial charge < -0.3 is 9.80 Å². The van der Waals surface area contributed by atoms with Gasteiger partial charge in [-0.25, -0.2) is 0 Å². The highest BCUT2D eigenvalue weighted by molar-refractivity contribution is 6.22. The molecular formula is C8H16ClN3. The van der Waals surface area contributed by atoms with Gasteiger partial charge in [-0.3, -0.25) is 0 Å². The highest BCUT2D eigenvalue weighted by atomic mass is 35.5. The van der Waals surface area contributed by atoms with Crippen LogP contribution in [0.3, 0.4) is 0 Å². The summed E-state index contributed by atoms with van der Waals surface area (Å²) in [7, 11) is 6.02. The third kappa shape index (κ3) is 6.41. The predicted molar refractivity (Wildman–Crippen MR) is 51.3 cm³/mol. The SMILES string of the molecule is CN(C)CCN(C)CC(Cl)C#N. The Bertz CT molecular complexity index is 153. The summed E-state index contributed by atoms with van der Waals surface area (Å²) >= 11 is 5.66.